The van der Waals surface area contributed by atoms with Crippen LogP contribution >= 0.6 is 0 Å². The molecule has 0 spiro atoms. The lowest BCUT2D eigenvalue weighted by Gasteiger charge is -2.05. The van der Waals surface area contributed by atoms with Crippen LogP contribution in [0.3, 0.4) is 0 Å². The maximum atomic E-state index is 11.6. The molecule has 108 valence electrons. The Hall–Kier alpha value is -2.15. The molecular formula is C13H16N2O5. The van der Waals surface area contributed by atoms with Gasteiger partial charge in [0.25, 0.3) is 0 Å². The minimum Gasteiger partial charge on any atom is -0.462 e. The van der Waals surface area contributed by atoms with Gasteiger partial charge in [-0.2, -0.15) is 0 Å². The number of hydrogen-bond acceptors (Lipinski definition) is 6. The standard InChI is InChI=1S/C13H16N2O5/c1-2-6-18-7-8-19-11(16)9-15-12-10(20-13(15)17)4-3-5-14-12/h3-5H,2,6-9H2,1H3. The number of oxazole rings is 1. The molecule has 0 amide bonds. The number of esters is 1. The first-order chi connectivity index (χ1) is 9.72. The molecule has 0 N–H and O–H groups in total. The van der Waals surface area contributed by atoms with Gasteiger partial charge in [-0.1, -0.05) is 6.92 Å². The summed E-state index contributed by atoms with van der Waals surface area (Å²) in [6.45, 7) is 2.91. The van der Waals surface area contributed by atoms with E-state index in [4.69, 9.17) is 13.9 Å². The average molecular weight is 280 g/mol. The van der Waals surface area contributed by atoms with Crippen LogP contribution in [0, 0.1) is 0 Å². The van der Waals surface area contributed by atoms with Crippen LogP contribution in [0.25, 0.3) is 11.2 Å². The number of ether oxygens (including phenoxy) is 2. The monoisotopic (exact) mass is 280 g/mol. The van der Waals surface area contributed by atoms with E-state index in [1.165, 1.54) is 6.20 Å². The minimum atomic E-state index is -0.627. The van der Waals surface area contributed by atoms with Crippen LogP contribution in [0.2, 0.25) is 0 Å². The summed E-state index contributed by atoms with van der Waals surface area (Å²) in [4.78, 5) is 27.3. The summed E-state index contributed by atoms with van der Waals surface area (Å²) in [5, 5.41) is 0. The van der Waals surface area contributed by atoms with Gasteiger partial charge in [0, 0.05) is 12.8 Å². The lowest BCUT2D eigenvalue weighted by atomic mass is 10.4. The summed E-state index contributed by atoms with van der Waals surface area (Å²) < 4.78 is 16.3. The summed E-state index contributed by atoms with van der Waals surface area (Å²) >= 11 is 0. The van der Waals surface area contributed by atoms with E-state index in [0.717, 1.165) is 11.0 Å². The molecule has 0 unspecified atom stereocenters. The number of hydrogen-bond donors (Lipinski definition) is 0. The molecule has 0 aliphatic carbocycles. The van der Waals surface area contributed by atoms with Crippen molar-refractivity contribution in [2.24, 2.45) is 0 Å². The first-order valence-corrected chi connectivity index (χ1v) is 6.40. The molecule has 0 saturated heterocycles. The van der Waals surface area contributed by atoms with E-state index in [1.54, 1.807) is 12.1 Å². The van der Waals surface area contributed by atoms with Gasteiger partial charge in [-0.3, -0.25) is 4.79 Å². The predicted molar refractivity (Wildman–Crippen MR) is 70.3 cm³/mol. The van der Waals surface area contributed by atoms with Crippen molar-refractivity contribution in [1.82, 2.24) is 9.55 Å². The molecule has 7 nitrogen and oxygen atoms in total. The van der Waals surface area contributed by atoms with Gasteiger partial charge in [-0.15, -0.1) is 0 Å². The van der Waals surface area contributed by atoms with Gasteiger partial charge < -0.3 is 13.9 Å². The van der Waals surface area contributed by atoms with Crippen LogP contribution in [0.15, 0.2) is 27.5 Å². The Labute approximate surface area is 115 Å². The van der Waals surface area contributed by atoms with Crippen LogP contribution in [0.1, 0.15) is 13.3 Å². The Balaban J connectivity index is 1.93. The Morgan fingerprint density at radius 2 is 2.25 bits per heavy atom. The summed E-state index contributed by atoms with van der Waals surface area (Å²) in [6, 6.07) is 3.27. The zero-order valence-electron chi connectivity index (χ0n) is 11.2. The van der Waals surface area contributed by atoms with Crippen molar-refractivity contribution in [2.75, 3.05) is 19.8 Å². The third-order valence-corrected chi connectivity index (χ3v) is 2.55. The Bertz CT molecular complexity index is 631. The molecule has 2 aromatic heterocycles. The molecule has 0 atom stereocenters. The number of aromatic nitrogens is 2. The molecule has 0 aliphatic rings. The van der Waals surface area contributed by atoms with Crippen LogP contribution in [0.4, 0.5) is 0 Å². The van der Waals surface area contributed by atoms with E-state index in [2.05, 4.69) is 4.98 Å². The summed E-state index contributed by atoms with van der Waals surface area (Å²) in [6.07, 6.45) is 2.44. The van der Waals surface area contributed by atoms with Crippen molar-refractivity contribution in [3.05, 3.63) is 28.9 Å². The molecule has 0 fully saturated rings. The van der Waals surface area contributed by atoms with E-state index in [1.807, 2.05) is 6.92 Å². The maximum absolute atomic E-state index is 11.6. The fraction of sp³-hybridized carbons (Fsp3) is 0.462. The first kappa shape index (κ1) is 14.3. The Kier molecular flexibility index (Phi) is 4.89. The van der Waals surface area contributed by atoms with Crippen molar-refractivity contribution in [3.8, 4) is 0 Å². The molecule has 2 rings (SSSR count). The van der Waals surface area contributed by atoms with E-state index >= 15 is 0 Å². The fourth-order valence-electron chi connectivity index (χ4n) is 1.68. The Morgan fingerprint density at radius 3 is 3.05 bits per heavy atom. The van der Waals surface area contributed by atoms with Gasteiger partial charge in [-0.25, -0.2) is 14.3 Å². The van der Waals surface area contributed by atoms with Crippen LogP contribution in [-0.4, -0.2) is 35.3 Å². The second-order valence-corrected chi connectivity index (χ2v) is 4.11. The summed E-state index contributed by atoms with van der Waals surface area (Å²) in [5.74, 6) is -1.15. The quantitative estimate of drug-likeness (QED) is 0.555. The highest BCUT2D eigenvalue weighted by Gasteiger charge is 2.13. The number of nitrogens with zero attached hydrogens (tertiary/aromatic N) is 2. The van der Waals surface area contributed by atoms with Crippen molar-refractivity contribution in [2.45, 2.75) is 19.9 Å². The molecule has 0 bridgehead atoms. The maximum Gasteiger partial charge on any atom is 0.421 e. The first-order valence-electron chi connectivity index (χ1n) is 6.40. The number of carbonyl (C=O) groups excluding carboxylic acids is 1. The number of pyridine rings is 1. The smallest absolute Gasteiger partial charge is 0.421 e. The Morgan fingerprint density at radius 1 is 1.40 bits per heavy atom. The number of carbonyl (C=O) groups is 1. The topological polar surface area (TPSA) is 83.6 Å². The van der Waals surface area contributed by atoms with Crippen molar-refractivity contribution >= 4 is 17.2 Å². The van der Waals surface area contributed by atoms with Crippen LogP contribution in [-0.2, 0) is 20.8 Å². The lowest BCUT2D eigenvalue weighted by molar-refractivity contribution is -0.145. The number of fused-ring (bicyclic) bond motifs is 1. The highest BCUT2D eigenvalue weighted by molar-refractivity contribution is 5.73. The molecule has 0 aromatic carbocycles. The normalized spacial score (nSPS) is 10.8. The molecule has 2 heterocycles. The SMILES string of the molecule is CCCOCCOC(=O)Cn1c(=O)oc2cccnc21. The zero-order valence-corrected chi connectivity index (χ0v) is 11.2. The lowest BCUT2D eigenvalue weighted by Crippen LogP contribution is -2.23. The summed E-state index contributed by atoms with van der Waals surface area (Å²) in [5.41, 5.74) is 0.674. The van der Waals surface area contributed by atoms with Crippen molar-refractivity contribution in [1.29, 1.82) is 0 Å². The molecule has 20 heavy (non-hydrogen) atoms. The molecule has 0 radical (unpaired) electrons. The van der Waals surface area contributed by atoms with E-state index in [-0.39, 0.29) is 13.2 Å². The van der Waals surface area contributed by atoms with Gasteiger partial charge in [0.05, 0.1) is 6.61 Å². The third-order valence-electron chi connectivity index (χ3n) is 2.55. The van der Waals surface area contributed by atoms with Gasteiger partial charge in [0.2, 0.25) is 0 Å². The highest BCUT2D eigenvalue weighted by Crippen LogP contribution is 2.08. The molecule has 7 heteroatoms. The largest absolute Gasteiger partial charge is 0.462 e. The second-order valence-electron chi connectivity index (χ2n) is 4.11. The van der Waals surface area contributed by atoms with Crippen LogP contribution < -0.4 is 5.76 Å². The summed E-state index contributed by atoms with van der Waals surface area (Å²) in [7, 11) is 0. The molecule has 0 saturated carbocycles. The predicted octanol–water partition coefficient (Wildman–Crippen LogP) is 0.959. The number of rotatable bonds is 7. The van der Waals surface area contributed by atoms with E-state index < -0.39 is 11.7 Å². The molecular weight excluding hydrogens is 264 g/mol. The van der Waals surface area contributed by atoms with Crippen molar-refractivity contribution < 1.29 is 18.7 Å². The van der Waals surface area contributed by atoms with Gasteiger partial charge in [-0.05, 0) is 18.6 Å². The third kappa shape index (κ3) is 3.45. The highest BCUT2D eigenvalue weighted by atomic mass is 16.6. The van der Waals surface area contributed by atoms with E-state index in [9.17, 15) is 9.59 Å². The van der Waals surface area contributed by atoms with Gasteiger partial charge in [0.1, 0.15) is 13.2 Å². The van der Waals surface area contributed by atoms with Crippen molar-refractivity contribution in [3.63, 3.8) is 0 Å². The minimum absolute atomic E-state index is 0.163. The average Bonchev–Trinajstić information content (AvgIpc) is 2.75. The van der Waals surface area contributed by atoms with E-state index in [0.29, 0.717) is 24.4 Å². The molecule has 2 aromatic rings. The van der Waals surface area contributed by atoms with Gasteiger partial charge in [0.15, 0.2) is 11.2 Å². The zero-order chi connectivity index (χ0) is 14.4. The second kappa shape index (κ2) is 6.85. The molecule has 0 aliphatic heterocycles. The fourth-order valence-corrected chi connectivity index (χ4v) is 1.68. The van der Waals surface area contributed by atoms with Gasteiger partial charge >= 0.3 is 11.7 Å². The van der Waals surface area contributed by atoms with Crippen LogP contribution in [0.5, 0.6) is 0 Å².